The smallest absolute Gasteiger partial charge is 0.411 e. The van der Waals surface area contributed by atoms with Gasteiger partial charge in [0.15, 0.2) is 0 Å². The quantitative estimate of drug-likeness (QED) is 0.672. The van der Waals surface area contributed by atoms with Crippen LogP contribution in [0.5, 0.6) is 5.75 Å². The molecule has 0 radical (unpaired) electrons. The standard InChI is InChI=1S/C20H22FN3O3/c1-3-24-17-12-15(26-2)7-8-16(17)18(22)19(24)13-5-4-6-14(11-13)23-20(25)27-10-9-21/h4-8,11-12H,3,9-10,22H2,1-2H3,(H,23,25). The molecule has 0 fully saturated rings. The molecule has 1 aromatic heterocycles. The van der Waals surface area contributed by atoms with E-state index in [1.807, 2.05) is 43.3 Å². The number of halogens is 1. The summed E-state index contributed by atoms with van der Waals surface area (Å²) in [6.07, 6.45) is -0.696. The lowest BCUT2D eigenvalue weighted by Gasteiger charge is -2.11. The van der Waals surface area contributed by atoms with E-state index in [4.69, 9.17) is 15.2 Å². The van der Waals surface area contributed by atoms with Gasteiger partial charge < -0.3 is 19.8 Å². The van der Waals surface area contributed by atoms with Crippen LogP contribution in [0.4, 0.5) is 20.6 Å². The molecule has 0 bridgehead atoms. The second-order valence-corrected chi connectivity index (χ2v) is 5.92. The number of amides is 1. The van der Waals surface area contributed by atoms with Crippen LogP contribution in [0, 0.1) is 0 Å². The molecule has 3 aromatic rings. The lowest BCUT2D eigenvalue weighted by atomic mass is 10.1. The van der Waals surface area contributed by atoms with Crippen LogP contribution in [0.25, 0.3) is 22.2 Å². The Morgan fingerprint density at radius 3 is 2.78 bits per heavy atom. The van der Waals surface area contributed by atoms with Crippen molar-refractivity contribution in [2.24, 2.45) is 0 Å². The van der Waals surface area contributed by atoms with Crippen LogP contribution < -0.4 is 15.8 Å². The maximum absolute atomic E-state index is 12.1. The predicted octanol–water partition coefficient (Wildman–Crippen LogP) is 4.44. The summed E-state index contributed by atoms with van der Waals surface area (Å²) < 4.78 is 24.3. The van der Waals surface area contributed by atoms with Gasteiger partial charge in [0, 0.05) is 29.2 Å². The van der Waals surface area contributed by atoms with Crippen molar-refractivity contribution >= 4 is 28.4 Å². The Labute approximate surface area is 156 Å². The number of nitrogens with two attached hydrogens (primary N) is 1. The van der Waals surface area contributed by atoms with E-state index >= 15 is 0 Å². The number of anilines is 2. The summed E-state index contributed by atoms with van der Waals surface area (Å²) in [5, 5.41) is 3.54. The molecule has 6 nitrogen and oxygen atoms in total. The topological polar surface area (TPSA) is 78.5 Å². The van der Waals surface area contributed by atoms with Gasteiger partial charge in [-0.3, -0.25) is 5.32 Å². The van der Waals surface area contributed by atoms with Crippen molar-refractivity contribution < 1.29 is 18.7 Å². The first-order valence-corrected chi connectivity index (χ1v) is 8.65. The molecule has 0 aliphatic rings. The fourth-order valence-corrected chi connectivity index (χ4v) is 3.15. The Balaban J connectivity index is 2.03. The molecular weight excluding hydrogens is 349 g/mol. The first-order chi connectivity index (χ1) is 13.1. The van der Waals surface area contributed by atoms with Crippen molar-refractivity contribution in [2.45, 2.75) is 13.5 Å². The zero-order valence-corrected chi connectivity index (χ0v) is 15.3. The Morgan fingerprint density at radius 1 is 1.26 bits per heavy atom. The Kier molecular flexibility index (Phi) is 5.49. The molecule has 0 saturated heterocycles. The van der Waals surface area contributed by atoms with Crippen LogP contribution in [0.1, 0.15) is 6.92 Å². The number of alkyl halides is 1. The molecule has 0 spiro atoms. The number of ether oxygens (including phenoxy) is 2. The van der Waals surface area contributed by atoms with Gasteiger partial charge in [-0.15, -0.1) is 0 Å². The van der Waals surface area contributed by atoms with E-state index in [1.54, 1.807) is 13.2 Å². The van der Waals surface area contributed by atoms with E-state index in [-0.39, 0.29) is 6.61 Å². The highest BCUT2D eigenvalue weighted by Gasteiger charge is 2.17. The van der Waals surface area contributed by atoms with E-state index in [9.17, 15) is 9.18 Å². The average molecular weight is 371 g/mol. The third-order valence-corrected chi connectivity index (χ3v) is 4.32. The molecule has 3 N–H and O–H groups in total. The number of rotatable bonds is 6. The number of benzene rings is 2. The maximum atomic E-state index is 12.1. The van der Waals surface area contributed by atoms with Gasteiger partial charge >= 0.3 is 6.09 Å². The summed E-state index contributed by atoms with van der Waals surface area (Å²) >= 11 is 0. The Hall–Kier alpha value is -3.22. The van der Waals surface area contributed by atoms with E-state index in [1.165, 1.54) is 0 Å². The van der Waals surface area contributed by atoms with Gasteiger partial charge in [-0.2, -0.15) is 0 Å². The number of methoxy groups -OCH3 is 1. The zero-order chi connectivity index (χ0) is 19.4. The van der Waals surface area contributed by atoms with Crippen molar-refractivity contribution in [3.05, 3.63) is 42.5 Å². The van der Waals surface area contributed by atoms with E-state index in [0.29, 0.717) is 17.9 Å². The number of carbonyl (C=O) groups excluding carboxylic acids is 1. The molecule has 0 aliphatic heterocycles. The first kappa shape index (κ1) is 18.6. The van der Waals surface area contributed by atoms with E-state index < -0.39 is 12.8 Å². The van der Waals surface area contributed by atoms with Crippen LogP contribution in [0.15, 0.2) is 42.5 Å². The van der Waals surface area contributed by atoms with E-state index in [2.05, 4.69) is 9.88 Å². The summed E-state index contributed by atoms with van der Waals surface area (Å²) in [6, 6.07) is 13.1. The predicted molar refractivity (Wildman–Crippen MR) is 105 cm³/mol. The molecule has 1 amide bonds. The third-order valence-electron chi connectivity index (χ3n) is 4.32. The molecular formula is C20H22FN3O3. The molecule has 0 unspecified atom stereocenters. The largest absolute Gasteiger partial charge is 0.497 e. The van der Waals surface area contributed by atoms with Crippen LogP contribution >= 0.6 is 0 Å². The van der Waals surface area contributed by atoms with Gasteiger partial charge in [0.05, 0.1) is 24.0 Å². The highest BCUT2D eigenvalue weighted by molar-refractivity contribution is 6.01. The summed E-state index contributed by atoms with van der Waals surface area (Å²) in [7, 11) is 1.63. The third kappa shape index (κ3) is 3.67. The summed E-state index contributed by atoms with van der Waals surface area (Å²) in [5.74, 6) is 0.757. The normalized spacial score (nSPS) is 10.8. The molecule has 3 rings (SSSR count). The summed E-state index contributed by atoms with van der Waals surface area (Å²) in [4.78, 5) is 11.7. The zero-order valence-electron chi connectivity index (χ0n) is 15.3. The Morgan fingerprint density at radius 2 is 2.07 bits per heavy atom. The number of nitrogens with zero attached hydrogens (tertiary/aromatic N) is 1. The van der Waals surface area contributed by atoms with Gasteiger partial charge in [0.1, 0.15) is 19.0 Å². The number of nitrogens with one attached hydrogen (secondary N) is 1. The molecule has 1 heterocycles. The van der Waals surface area contributed by atoms with Gasteiger partial charge in [-0.1, -0.05) is 12.1 Å². The number of nitrogen functional groups attached to an aromatic ring is 1. The monoisotopic (exact) mass is 371 g/mol. The van der Waals surface area contributed by atoms with Gasteiger partial charge in [-0.25, -0.2) is 9.18 Å². The van der Waals surface area contributed by atoms with Gasteiger partial charge in [-0.05, 0) is 31.2 Å². The van der Waals surface area contributed by atoms with Gasteiger partial charge in [0.2, 0.25) is 0 Å². The second-order valence-electron chi connectivity index (χ2n) is 5.92. The number of hydrogen-bond donors (Lipinski definition) is 2. The number of hydrogen-bond acceptors (Lipinski definition) is 4. The molecule has 0 saturated carbocycles. The van der Waals surface area contributed by atoms with Crippen molar-refractivity contribution in [2.75, 3.05) is 31.4 Å². The molecule has 142 valence electrons. The van der Waals surface area contributed by atoms with Crippen LogP contribution in [-0.4, -0.2) is 31.1 Å². The molecule has 0 aliphatic carbocycles. The molecule has 27 heavy (non-hydrogen) atoms. The number of aromatic nitrogens is 1. The highest BCUT2D eigenvalue weighted by Crippen LogP contribution is 2.38. The van der Waals surface area contributed by atoms with Crippen molar-refractivity contribution in [3.63, 3.8) is 0 Å². The van der Waals surface area contributed by atoms with E-state index in [0.717, 1.165) is 27.9 Å². The lowest BCUT2D eigenvalue weighted by Crippen LogP contribution is -2.15. The van der Waals surface area contributed by atoms with Crippen LogP contribution in [0.3, 0.4) is 0 Å². The molecule has 0 atom stereocenters. The minimum atomic E-state index is -0.718. The molecule has 2 aromatic carbocycles. The minimum Gasteiger partial charge on any atom is -0.497 e. The molecule has 7 heteroatoms. The van der Waals surface area contributed by atoms with Crippen LogP contribution in [0.2, 0.25) is 0 Å². The summed E-state index contributed by atoms with van der Waals surface area (Å²) in [5.41, 5.74) is 10.3. The Bertz CT molecular complexity index is 969. The fourth-order valence-electron chi connectivity index (χ4n) is 3.15. The number of aryl methyl sites for hydroxylation is 1. The number of fused-ring (bicyclic) bond motifs is 1. The maximum Gasteiger partial charge on any atom is 0.411 e. The summed E-state index contributed by atoms with van der Waals surface area (Å²) in [6.45, 7) is 1.76. The second kappa shape index (κ2) is 7.99. The fraction of sp³-hybridized carbons (Fsp3) is 0.250. The average Bonchev–Trinajstić information content (AvgIpc) is 2.97. The SMILES string of the molecule is CCn1c(-c2cccc(NC(=O)OCCF)c2)c(N)c2ccc(OC)cc21. The van der Waals surface area contributed by atoms with Crippen LogP contribution in [-0.2, 0) is 11.3 Å². The lowest BCUT2D eigenvalue weighted by molar-refractivity contribution is 0.152. The van der Waals surface area contributed by atoms with Gasteiger partial charge in [0.25, 0.3) is 0 Å². The first-order valence-electron chi connectivity index (χ1n) is 8.65. The number of carbonyl (C=O) groups is 1. The minimum absolute atomic E-state index is 0.273. The highest BCUT2D eigenvalue weighted by atomic mass is 19.1. The van der Waals surface area contributed by atoms with Crippen molar-refractivity contribution in [1.82, 2.24) is 4.57 Å². The van der Waals surface area contributed by atoms with Crippen molar-refractivity contribution in [3.8, 4) is 17.0 Å². The van der Waals surface area contributed by atoms with Crippen molar-refractivity contribution in [1.29, 1.82) is 0 Å².